The van der Waals surface area contributed by atoms with Crippen molar-refractivity contribution in [2.75, 3.05) is 23.8 Å². The lowest BCUT2D eigenvalue weighted by Gasteiger charge is -2.27. The normalized spacial score (nSPS) is 18.7. The van der Waals surface area contributed by atoms with Crippen LogP contribution in [0.4, 0.5) is 0 Å². The van der Waals surface area contributed by atoms with Crippen LogP contribution in [0.1, 0.15) is 25.5 Å². The van der Waals surface area contributed by atoms with Crippen LogP contribution >= 0.6 is 11.8 Å². The number of nitrogens with zero attached hydrogens (tertiary/aromatic N) is 4. The Kier molecular flexibility index (Phi) is 5.95. The standard InChI is InChI=1S/C17H24N4O4S2/c1-4-7-21(13-6-9-27(23,24)11-13)15(22)10-26-17-19-18-16(20(17)3)14-5-8-25-12(14)2/h5,8,13H,4,6-7,9-11H2,1-3H3/t13-/m0/s1. The fourth-order valence-corrected chi connectivity index (χ4v) is 5.80. The number of hydrogen-bond acceptors (Lipinski definition) is 7. The Hall–Kier alpha value is -1.81. The van der Waals surface area contributed by atoms with Crippen LogP contribution in [0.5, 0.6) is 0 Å². The first-order valence-corrected chi connectivity index (χ1v) is 11.7. The molecule has 2 aromatic heterocycles. The lowest BCUT2D eigenvalue weighted by atomic mass is 10.2. The number of carbonyl (C=O) groups excluding carboxylic acids is 1. The van der Waals surface area contributed by atoms with Gasteiger partial charge in [-0.15, -0.1) is 10.2 Å². The van der Waals surface area contributed by atoms with Gasteiger partial charge in [0.05, 0.1) is 29.1 Å². The SMILES string of the molecule is CCCN(C(=O)CSc1nnc(-c2ccoc2C)n1C)[C@H]1CCS(=O)(=O)C1. The van der Waals surface area contributed by atoms with Gasteiger partial charge < -0.3 is 13.9 Å². The van der Waals surface area contributed by atoms with E-state index in [1.807, 2.05) is 31.5 Å². The molecule has 1 aliphatic rings. The summed E-state index contributed by atoms with van der Waals surface area (Å²) in [6.07, 6.45) is 2.92. The highest BCUT2D eigenvalue weighted by molar-refractivity contribution is 7.99. The number of sulfone groups is 1. The Bertz CT molecular complexity index is 919. The predicted octanol–water partition coefficient (Wildman–Crippen LogP) is 1.90. The molecular weight excluding hydrogens is 388 g/mol. The molecule has 1 atom stereocenters. The van der Waals surface area contributed by atoms with Gasteiger partial charge in [0, 0.05) is 19.6 Å². The summed E-state index contributed by atoms with van der Waals surface area (Å²) in [5.74, 6) is 1.81. The molecular formula is C17H24N4O4S2. The van der Waals surface area contributed by atoms with E-state index < -0.39 is 9.84 Å². The average molecular weight is 413 g/mol. The number of thioether (sulfide) groups is 1. The summed E-state index contributed by atoms with van der Waals surface area (Å²) in [6.45, 7) is 4.41. The van der Waals surface area contributed by atoms with Gasteiger partial charge in [0.1, 0.15) is 5.76 Å². The van der Waals surface area contributed by atoms with Gasteiger partial charge in [-0.1, -0.05) is 18.7 Å². The van der Waals surface area contributed by atoms with Gasteiger partial charge in [-0.25, -0.2) is 8.42 Å². The molecule has 2 aromatic rings. The molecule has 0 spiro atoms. The van der Waals surface area contributed by atoms with Crippen LogP contribution in [0.15, 0.2) is 21.9 Å². The van der Waals surface area contributed by atoms with Gasteiger partial charge in [-0.3, -0.25) is 4.79 Å². The summed E-state index contributed by atoms with van der Waals surface area (Å²) in [5, 5.41) is 9.01. The van der Waals surface area contributed by atoms with Crippen molar-refractivity contribution in [3.8, 4) is 11.4 Å². The molecule has 148 valence electrons. The van der Waals surface area contributed by atoms with Gasteiger partial charge in [-0.2, -0.15) is 0 Å². The van der Waals surface area contributed by atoms with Crippen LogP contribution < -0.4 is 0 Å². The van der Waals surface area contributed by atoms with E-state index in [4.69, 9.17) is 4.42 Å². The Morgan fingerprint density at radius 3 is 2.81 bits per heavy atom. The van der Waals surface area contributed by atoms with E-state index in [1.165, 1.54) is 11.8 Å². The van der Waals surface area contributed by atoms with Crippen molar-refractivity contribution in [2.45, 2.75) is 37.9 Å². The van der Waals surface area contributed by atoms with Crippen molar-refractivity contribution in [3.05, 3.63) is 18.1 Å². The molecule has 1 amide bonds. The maximum atomic E-state index is 12.7. The van der Waals surface area contributed by atoms with Crippen molar-refractivity contribution in [3.63, 3.8) is 0 Å². The maximum absolute atomic E-state index is 12.7. The highest BCUT2D eigenvalue weighted by Gasteiger charge is 2.34. The first kappa shape index (κ1) is 19.9. The monoisotopic (exact) mass is 412 g/mol. The minimum absolute atomic E-state index is 0.0620. The molecule has 1 saturated heterocycles. The lowest BCUT2D eigenvalue weighted by Crippen LogP contribution is -2.42. The van der Waals surface area contributed by atoms with Crippen LogP contribution in [0.25, 0.3) is 11.4 Å². The van der Waals surface area contributed by atoms with E-state index in [-0.39, 0.29) is 29.2 Å². The fourth-order valence-electron chi connectivity index (χ4n) is 3.27. The van der Waals surface area contributed by atoms with Gasteiger partial charge >= 0.3 is 0 Å². The second-order valence-corrected chi connectivity index (χ2v) is 9.86. The molecule has 0 aromatic carbocycles. The summed E-state index contributed by atoms with van der Waals surface area (Å²) in [6, 6.07) is 1.62. The maximum Gasteiger partial charge on any atom is 0.233 e. The third-order valence-corrected chi connectivity index (χ3v) is 7.45. The minimum Gasteiger partial charge on any atom is -0.469 e. The Labute approximate surface area is 163 Å². The van der Waals surface area contributed by atoms with Gasteiger partial charge in [0.15, 0.2) is 20.8 Å². The van der Waals surface area contributed by atoms with E-state index in [1.54, 1.807) is 11.2 Å². The third kappa shape index (κ3) is 4.37. The largest absolute Gasteiger partial charge is 0.469 e. The quantitative estimate of drug-likeness (QED) is 0.641. The zero-order chi connectivity index (χ0) is 19.6. The molecule has 0 N–H and O–H groups in total. The molecule has 0 bridgehead atoms. The molecule has 10 heteroatoms. The van der Waals surface area contributed by atoms with E-state index in [0.717, 1.165) is 17.7 Å². The number of aromatic nitrogens is 3. The van der Waals surface area contributed by atoms with Crippen molar-refractivity contribution in [1.29, 1.82) is 0 Å². The van der Waals surface area contributed by atoms with Gasteiger partial charge in [0.25, 0.3) is 0 Å². The predicted molar refractivity (Wildman–Crippen MR) is 103 cm³/mol. The fraction of sp³-hybridized carbons (Fsp3) is 0.588. The summed E-state index contributed by atoms with van der Waals surface area (Å²) >= 11 is 1.31. The third-order valence-electron chi connectivity index (χ3n) is 4.69. The molecule has 8 nitrogen and oxygen atoms in total. The number of rotatable bonds is 7. The summed E-state index contributed by atoms with van der Waals surface area (Å²) in [7, 11) is -1.18. The average Bonchev–Trinajstić information content (AvgIpc) is 3.29. The van der Waals surface area contributed by atoms with E-state index in [2.05, 4.69) is 10.2 Å². The van der Waals surface area contributed by atoms with Crippen molar-refractivity contribution >= 4 is 27.5 Å². The lowest BCUT2D eigenvalue weighted by molar-refractivity contribution is -0.130. The number of furan rings is 1. The molecule has 3 heterocycles. The van der Waals surface area contributed by atoms with E-state index in [0.29, 0.717) is 23.9 Å². The van der Waals surface area contributed by atoms with Gasteiger partial charge in [0.2, 0.25) is 5.91 Å². The van der Waals surface area contributed by atoms with Crippen molar-refractivity contribution < 1.29 is 17.6 Å². The summed E-state index contributed by atoms with van der Waals surface area (Å²) < 4.78 is 30.7. The van der Waals surface area contributed by atoms with Crippen LogP contribution in [0, 0.1) is 6.92 Å². The zero-order valence-electron chi connectivity index (χ0n) is 15.7. The molecule has 0 saturated carbocycles. The molecule has 3 rings (SSSR count). The highest BCUT2D eigenvalue weighted by atomic mass is 32.2. The summed E-state index contributed by atoms with van der Waals surface area (Å²) in [5.41, 5.74) is 0.868. The molecule has 0 unspecified atom stereocenters. The number of hydrogen-bond donors (Lipinski definition) is 0. The minimum atomic E-state index is -3.03. The Balaban J connectivity index is 1.67. The Morgan fingerprint density at radius 2 is 2.22 bits per heavy atom. The number of carbonyl (C=O) groups is 1. The van der Waals surface area contributed by atoms with E-state index in [9.17, 15) is 13.2 Å². The molecule has 0 aliphatic carbocycles. The van der Waals surface area contributed by atoms with Crippen LogP contribution in [-0.4, -0.2) is 63.8 Å². The highest BCUT2D eigenvalue weighted by Crippen LogP contribution is 2.26. The van der Waals surface area contributed by atoms with Crippen molar-refractivity contribution in [2.24, 2.45) is 7.05 Å². The van der Waals surface area contributed by atoms with Crippen LogP contribution in [-0.2, 0) is 21.7 Å². The van der Waals surface area contributed by atoms with Crippen molar-refractivity contribution in [1.82, 2.24) is 19.7 Å². The Morgan fingerprint density at radius 1 is 1.44 bits per heavy atom. The molecule has 1 aliphatic heterocycles. The number of aryl methyl sites for hydroxylation is 1. The van der Waals surface area contributed by atoms with Crippen LogP contribution in [0.2, 0.25) is 0 Å². The first-order chi connectivity index (χ1) is 12.8. The summed E-state index contributed by atoms with van der Waals surface area (Å²) in [4.78, 5) is 14.5. The van der Waals surface area contributed by atoms with Crippen LogP contribution in [0.3, 0.4) is 0 Å². The first-order valence-electron chi connectivity index (χ1n) is 8.89. The number of amides is 1. The zero-order valence-corrected chi connectivity index (χ0v) is 17.3. The molecule has 27 heavy (non-hydrogen) atoms. The second kappa shape index (κ2) is 8.05. The smallest absolute Gasteiger partial charge is 0.233 e. The van der Waals surface area contributed by atoms with Gasteiger partial charge in [-0.05, 0) is 25.8 Å². The second-order valence-electron chi connectivity index (χ2n) is 6.69. The van der Waals surface area contributed by atoms with E-state index >= 15 is 0 Å². The molecule has 1 fully saturated rings. The molecule has 0 radical (unpaired) electrons. The topological polar surface area (TPSA) is 98.3 Å².